The van der Waals surface area contributed by atoms with E-state index in [-0.39, 0.29) is 4.75 Å². The SMILES string of the molecule is C[C@H](N[S@+]([O-])C(C)(C)C)C1[C@@H]2CC[C@H]1CN(Cc1ccccc1)C2. The normalized spacial score (nSPS) is 30.3. The van der Waals surface area contributed by atoms with E-state index in [0.717, 1.165) is 18.4 Å². The Bertz CT molecular complexity index is 516. The molecule has 1 aliphatic carbocycles. The summed E-state index contributed by atoms with van der Waals surface area (Å²) in [6.07, 6.45) is 2.66. The van der Waals surface area contributed by atoms with Crippen LogP contribution in [0.3, 0.4) is 0 Å². The highest BCUT2D eigenvalue weighted by molar-refractivity contribution is 7.90. The van der Waals surface area contributed by atoms with Gasteiger partial charge in [0.05, 0.1) is 6.04 Å². The second-order valence-electron chi connectivity index (χ2n) is 8.64. The van der Waals surface area contributed by atoms with Crippen molar-refractivity contribution in [2.75, 3.05) is 13.1 Å². The molecule has 2 aliphatic rings. The Kier molecular flexibility index (Phi) is 5.60. The first kappa shape index (κ1) is 18.2. The van der Waals surface area contributed by atoms with Crippen molar-refractivity contribution in [2.24, 2.45) is 17.8 Å². The number of likely N-dealkylation sites (tertiary alicyclic amines) is 1. The van der Waals surface area contributed by atoms with Gasteiger partial charge >= 0.3 is 0 Å². The van der Waals surface area contributed by atoms with E-state index in [1.807, 2.05) is 20.8 Å². The molecule has 5 atom stereocenters. The zero-order valence-corrected chi connectivity index (χ0v) is 16.3. The van der Waals surface area contributed by atoms with Crippen LogP contribution in [0.4, 0.5) is 0 Å². The van der Waals surface area contributed by atoms with Gasteiger partial charge in [-0.25, -0.2) is 0 Å². The third-order valence-corrected chi connectivity index (χ3v) is 7.36. The number of benzene rings is 1. The summed E-state index contributed by atoms with van der Waals surface area (Å²) in [6.45, 7) is 11.8. The summed E-state index contributed by atoms with van der Waals surface area (Å²) in [6, 6.07) is 11.1. The Balaban J connectivity index is 1.59. The van der Waals surface area contributed by atoms with Crippen LogP contribution in [-0.2, 0) is 17.9 Å². The van der Waals surface area contributed by atoms with Crippen LogP contribution in [-0.4, -0.2) is 33.3 Å². The quantitative estimate of drug-likeness (QED) is 0.827. The van der Waals surface area contributed by atoms with Crippen LogP contribution in [0.1, 0.15) is 46.1 Å². The molecule has 1 heterocycles. The maximum Gasteiger partial charge on any atom is 0.136 e. The van der Waals surface area contributed by atoms with Crippen LogP contribution in [0.5, 0.6) is 0 Å². The summed E-state index contributed by atoms with van der Waals surface area (Å²) in [7, 11) is 0. The van der Waals surface area contributed by atoms with Crippen molar-refractivity contribution >= 4 is 11.4 Å². The molecule has 1 N–H and O–H groups in total. The Morgan fingerprint density at radius 3 is 2.29 bits per heavy atom. The van der Waals surface area contributed by atoms with Gasteiger partial charge < -0.3 is 4.55 Å². The first-order valence-electron chi connectivity index (χ1n) is 9.29. The number of nitrogens with one attached hydrogen (secondary N) is 1. The molecule has 24 heavy (non-hydrogen) atoms. The van der Waals surface area contributed by atoms with Crippen molar-refractivity contribution in [1.82, 2.24) is 9.62 Å². The molecule has 134 valence electrons. The molecule has 3 nitrogen and oxygen atoms in total. The Morgan fingerprint density at radius 2 is 1.75 bits per heavy atom. The van der Waals surface area contributed by atoms with Gasteiger partial charge in [-0.1, -0.05) is 30.3 Å². The third-order valence-electron chi connectivity index (χ3n) is 5.66. The van der Waals surface area contributed by atoms with Crippen molar-refractivity contribution in [2.45, 2.75) is 57.9 Å². The summed E-state index contributed by atoms with van der Waals surface area (Å²) in [5.41, 5.74) is 1.41. The van der Waals surface area contributed by atoms with Gasteiger partial charge in [-0.2, -0.15) is 0 Å². The second kappa shape index (κ2) is 7.36. The van der Waals surface area contributed by atoms with Crippen molar-refractivity contribution in [3.63, 3.8) is 0 Å². The molecular weight excluding hydrogens is 316 g/mol. The smallest absolute Gasteiger partial charge is 0.136 e. The fourth-order valence-electron chi connectivity index (χ4n) is 4.57. The highest BCUT2D eigenvalue weighted by Crippen LogP contribution is 2.44. The van der Waals surface area contributed by atoms with Crippen molar-refractivity contribution in [1.29, 1.82) is 0 Å². The van der Waals surface area contributed by atoms with Crippen LogP contribution >= 0.6 is 0 Å². The van der Waals surface area contributed by atoms with E-state index in [0.29, 0.717) is 12.0 Å². The molecule has 0 aromatic heterocycles. The van der Waals surface area contributed by atoms with Gasteiger partial charge in [0.2, 0.25) is 0 Å². The molecule has 0 radical (unpaired) electrons. The fraction of sp³-hybridized carbons (Fsp3) is 0.700. The number of nitrogens with zero attached hydrogens (tertiary/aromatic N) is 1. The van der Waals surface area contributed by atoms with Crippen LogP contribution in [0, 0.1) is 17.8 Å². The minimum Gasteiger partial charge on any atom is -0.598 e. The predicted molar refractivity (Wildman–Crippen MR) is 102 cm³/mol. The summed E-state index contributed by atoms with van der Waals surface area (Å²) in [5, 5.41) is 0. The average Bonchev–Trinajstić information content (AvgIpc) is 2.79. The van der Waals surface area contributed by atoms with Crippen molar-refractivity contribution in [3.05, 3.63) is 35.9 Å². The standard InChI is InChI=1S/C20H32N2OS/c1-15(21-24(23)20(2,3)4)19-17-10-11-18(19)14-22(13-17)12-16-8-6-5-7-9-16/h5-9,15,17-19,21H,10-14H2,1-4H3/t15-,17-,18+,19?,24+/m0/s1. The van der Waals surface area contributed by atoms with E-state index in [4.69, 9.17) is 0 Å². The fourth-order valence-corrected chi connectivity index (χ4v) is 5.42. The zero-order valence-electron chi connectivity index (χ0n) is 15.5. The maximum atomic E-state index is 12.4. The van der Waals surface area contributed by atoms with E-state index in [2.05, 4.69) is 46.9 Å². The molecule has 4 heteroatoms. The van der Waals surface area contributed by atoms with Crippen LogP contribution in [0.25, 0.3) is 0 Å². The summed E-state index contributed by atoms with van der Waals surface area (Å²) in [5.74, 6) is 2.15. The molecular formula is C20H32N2OS. The molecule has 1 aromatic rings. The highest BCUT2D eigenvalue weighted by Gasteiger charge is 2.45. The molecule has 2 bridgehead atoms. The number of piperidine rings is 1. The van der Waals surface area contributed by atoms with Crippen molar-refractivity contribution < 1.29 is 4.55 Å². The number of hydrogen-bond donors (Lipinski definition) is 1. The van der Waals surface area contributed by atoms with Crippen LogP contribution < -0.4 is 4.72 Å². The van der Waals surface area contributed by atoms with Crippen molar-refractivity contribution in [3.8, 4) is 0 Å². The lowest BCUT2D eigenvalue weighted by atomic mass is 9.80. The first-order valence-corrected chi connectivity index (χ1v) is 10.4. The molecule has 0 amide bonds. The van der Waals surface area contributed by atoms with Crippen LogP contribution in [0.2, 0.25) is 0 Å². The molecule has 2 fully saturated rings. The lowest BCUT2D eigenvalue weighted by Gasteiger charge is -2.41. The van der Waals surface area contributed by atoms with E-state index in [9.17, 15) is 4.55 Å². The monoisotopic (exact) mass is 348 g/mol. The topological polar surface area (TPSA) is 38.3 Å². The average molecular weight is 349 g/mol. The van der Waals surface area contributed by atoms with E-state index in [1.54, 1.807) is 0 Å². The molecule has 3 rings (SSSR count). The highest BCUT2D eigenvalue weighted by atomic mass is 32.2. The van der Waals surface area contributed by atoms with E-state index >= 15 is 0 Å². The van der Waals surface area contributed by atoms with Gasteiger partial charge in [-0.15, -0.1) is 4.72 Å². The molecule has 1 aromatic carbocycles. The minimum absolute atomic E-state index is 0.193. The van der Waals surface area contributed by atoms with Gasteiger partial charge in [-0.3, -0.25) is 4.90 Å². The van der Waals surface area contributed by atoms with Gasteiger partial charge in [0, 0.05) is 31.0 Å². The molecule has 0 spiro atoms. The zero-order chi connectivity index (χ0) is 17.3. The molecule has 1 saturated heterocycles. The van der Waals surface area contributed by atoms with Gasteiger partial charge in [0.15, 0.2) is 0 Å². The molecule has 1 saturated carbocycles. The maximum absolute atomic E-state index is 12.4. The van der Waals surface area contributed by atoms with Gasteiger partial charge in [0.25, 0.3) is 0 Å². The largest absolute Gasteiger partial charge is 0.598 e. The van der Waals surface area contributed by atoms with Gasteiger partial charge in [0.1, 0.15) is 4.75 Å². The third kappa shape index (κ3) is 4.16. The summed E-state index contributed by atoms with van der Waals surface area (Å²) >= 11 is -0.975. The van der Waals surface area contributed by atoms with Gasteiger partial charge in [-0.05, 0) is 63.9 Å². The Labute approximate surface area is 150 Å². The number of fused-ring (bicyclic) bond motifs is 2. The molecule has 1 unspecified atom stereocenters. The predicted octanol–water partition coefficient (Wildman–Crippen LogP) is 3.58. The van der Waals surface area contributed by atoms with Crippen LogP contribution in [0.15, 0.2) is 30.3 Å². The summed E-state index contributed by atoms with van der Waals surface area (Å²) < 4.78 is 15.7. The second-order valence-corrected chi connectivity index (χ2v) is 10.6. The van der Waals surface area contributed by atoms with E-state index < -0.39 is 11.4 Å². The van der Waals surface area contributed by atoms with E-state index in [1.165, 1.54) is 31.5 Å². The minimum atomic E-state index is -0.975. The lowest BCUT2D eigenvalue weighted by Crippen LogP contribution is -2.52. The lowest BCUT2D eigenvalue weighted by molar-refractivity contribution is 0.0877. The summed E-state index contributed by atoms with van der Waals surface area (Å²) in [4.78, 5) is 2.63. The first-order chi connectivity index (χ1) is 11.3. The number of rotatable bonds is 5. The number of hydrogen-bond acceptors (Lipinski definition) is 3. The Morgan fingerprint density at radius 1 is 1.17 bits per heavy atom. The molecule has 1 aliphatic heterocycles. The Hall–Kier alpha value is -0.550.